The van der Waals surface area contributed by atoms with Gasteiger partial charge in [-0.1, -0.05) is 29.3 Å². The van der Waals surface area contributed by atoms with Gasteiger partial charge in [0.1, 0.15) is 0 Å². The zero-order valence-electron chi connectivity index (χ0n) is 12.1. The van der Waals surface area contributed by atoms with E-state index in [1.54, 1.807) is 0 Å². The molecule has 0 amide bonds. The summed E-state index contributed by atoms with van der Waals surface area (Å²) < 4.78 is 0. The molecule has 0 radical (unpaired) electrons. The number of rotatable bonds is 3. The van der Waals surface area contributed by atoms with E-state index in [-0.39, 0.29) is 6.10 Å². The standard InChI is InChI=1S/C18H22Cl2O/c19-15-2-1-10(8-16(15)20)9-17(21)18-13-4-11-3-12(6-13)7-14(18)5-11/h1-2,8,11-14,17-18,21H,3-7,9H2. The third kappa shape index (κ3) is 2.62. The molecule has 4 fully saturated rings. The first-order chi connectivity index (χ1) is 10.1. The molecule has 1 aromatic rings. The highest BCUT2D eigenvalue weighted by molar-refractivity contribution is 6.42. The minimum absolute atomic E-state index is 0.225. The van der Waals surface area contributed by atoms with Gasteiger partial charge in [0, 0.05) is 0 Å². The molecule has 0 saturated heterocycles. The Morgan fingerprint density at radius 2 is 1.57 bits per heavy atom. The van der Waals surface area contributed by atoms with E-state index in [0.717, 1.165) is 29.2 Å². The Hall–Kier alpha value is -0.240. The molecule has 1 N–H and O–H groups in total. The lowest BCUT2D eigenvalue weighted by molar-refractivity contribution is -0.0887. The SMILES string of the molecule is OC(Cc1ccc(Cl)c(Cl)c1)C1C2CC3CC(C2)CC1C3. The predicted octanol–water partition coefficient (Wildman–Crippen LogP) is 4.97. The quantitative estimate of drug-likeness (QED) is 0.832. The Balaban J connectivity index is 1.49. The maximum Gasteiger partial charge on any atom is 0.0614 e. The summed E-state index contributed by atoms with van der Waals surface area (Å²) in [7, 11) is 0. The first kappa shape index (κ1) is 14.4. The van der Waals surface area contributed by atoms with E-state index in [1.807, 2.05) is 18.2 Å². The van der Waals surface area contributed by atoms with Crippen molar-refractivity contribution in [1.82, 2.24) is 0 Å². The van der Waals surface area contributed by atoms with E-state index >= 15 is 0 Å². The van der Waals surface area contributed by atoms with Gasteiger partial charge in [0.25, 0.3) is 0 Å². The minimum Gasteiger partial charge on any atom is -0.392 e. The topological polar surface area (TPSA) is 20.2 Å². The highest BCUT2D eigenvalue weighted by Crippen LogP contribution is 2.57. The van der Waals surface area contributed by atoms with E-state index in [0.29, 0.717) is 22.4 Å². The van der Waals surface area contributed by atoms with Crippen LogP contribution in [0.1, 0.15) is 37.7 Å². The molecule has 4 bridgehead atoms. The van der Waals surface area contributed by atoms with Crippen molar-refractivity contribution >= 4 is 23.2 Å². The monoisotopic (exact) mass is 324 g/mol. The average Bonchev–Trinajstić information content (AvgIpc) is 2.41. The van der Waals surface area contributed by atoms with Crippen molar-refractivity contribution in [3.8, 4) is 0 Å². The van der Waals surface area contributed by atoms with Crippen LogP contribution in [0, 0.1) is 29.6 Å². The van der Waals surface area contributed by atoms with Crippen LogP contribution in [-0.2, 0) is 6.42 Å². The van der Waals surface area contributed by atoms with Crippen molar-refractivity contribution in [3.05, 3.63) is 33.8 Å². The van der Waals surface area contributed by atoms with Gasteiger partial charge in [-0.25, -0.2) is 0 Å². The summed E-state index contributed by atoms with van der Waals surface area (Å²) in [6.45, 7) is 0. The molecular weight excluding hydrogens is 303 g/mol. The molecule has 21 heavy (non-hydrogen) atoms. The number of hydrogen-bond donors (Lipinski definition) is 1. The summed E-state index contributed by atoms with van der Waals surface area (Å²) in [5, 5.41) is 12.0. The second-order valence-electron chi connectivity index (χ2n) is 7.53. The van der Waals surface area contributed by atoms with Crippen molar-refractivity contribution in [1.29, 1.82) is 0 Å². The highest BCUT2D eigenvalue weighted by atomic mass is 35.5. The second-order valence-corrected chi connectivity index (χ2v) is 8.34. The zero-order valence-corrected chi connectivity index (χ0v) is 13.7. The van der Waals surface area contributed by atoms with Gasteiger partial charge in [0.05, 0.1) is 16.1 Å². The fraction of sp³-hybridized carbons (Fsp3) is 0.667. The molecule has 5 rings (SSSR count). The smallest absolute Gasteiger partial charge is 0.0614 e. The van der Waals surface area contributed by atoms with Crippen LogP contribution in [0.2, 0.25) is 10.0 Å². The normalized spacial score (nSPS) is 38.7. The van der Waals surface area contributed by atoms with Gasteiger partial charge in [-0.15, -0.1) is 0 Å². The molecule has 1 atom stereocenters. The lowest BCUT2D eigenvalue weighted by atomic mass is 9.50. The molecule has 4 aliphatic rings. The fourth-order valence-corrected chi connectivity index (χ4v) is 5.96. The highest BCUT2D eigenvalue weighted by Gasteiger charge is 2.50. The molecule has 4 saturated carbocycles. The van der Waals surface area contributed by atoms with Crippen LogP contribution in [0.4, 0.5) is 0 Å². The van der Waals surface area contributed by atoms with Gasteiger partial charge in [0.15, 0.2) is 0 Å². The van der Waals surface area contributed by atoms with Gasteiger partial charge in [-0.05, 0) is 85.8 Å². The molecule has 0 heterocycles. The van der Waals surface area contributed by atoms with E-state index in [1.165, 1.54) is 32.1 Å². The summed E-state index contributed by atoms with van der Waals surface area (Å²) in [6, 6.07) is 5.74. The summed E-state index contributed by atoms with van der Waals surface area (Å²) in [5.74, 6) is 3.95. The molecule has 4 aliphatic carbocycles. The zero-order chi connectivity index (χ0) is 14.6. The molecular formula is C18H22Cl2O. The Bertz CT molecular complexity index is 514. The van der Waals surface area contributed by atoms with Crippen LogP contribution in [0.3, 0.4) is 0 Å². The summed E-state index contributed by atoms with van der Waals surface area (Å²) >= 11 is 12.1. The molecule has 1 nitrogen and oxygen atoms in total. The Labute approximate surface area is 136 Å². The van der Waals surface area contributed by atoms with Crippen LogP contribution in [-0.4, -0.2) is 11.2 Å². The van der Waals surface area contributed by atoms with Gasteiger partial charge in [-0.3, -0.25) is 0 Å². The predicted molar refractivity (Wildman–Crippen MR) is 86.7 cm³/mol. The van der Waals surface area contributed by atoms with Crippen LogP contribution < -0.4 is 0 Å². The molecule has 1 unspecified atom stereocenters. The van der Waals surface area contributed by atoms with Gasteiger partial charge >= 0.3 is 0 Å². The van der Waals surface area contributed by atoms with Gasteiger partial charge in [-0.2, -0.15) is 0 Å². The maximum absolute atomic E-state index is 10.8. The van der Waals surface area contributed by atoms with Gasteiger partial charge in [0.2, 0.25) is 0 Å². The van der Waals surface area contributed by atoms with Crippen molar-refractivity contribution in [2.24, 2.45) is 29.6 Å². The molecule has 0 aromatic heterocycles. The molecule has 0 spiro atoms. The number of aliphatic hydroxyl groups excluding tert-OH is 1. The first-order valence-corrected chi connectivity index (χ1v) is 8.97. The summed E-state index contributed by atoms with van der Waals surface area (Å²) in [5.41, 5.74) is 1.10. The van der Waals surface area contributed by atoms with E-state index < -0.39 is 0 Å². The first-order valence-electron chi connectivity index (χ1n) is 8.22. The number of benzene rings is 1. The fourth-order valence-electron chi connectivity index (χ4n) is 5.64. The summed E-state index contributed by atoms with van der Waals surface area (Å²) in [6.07, 6.45) is 7.38. The van der Waals surface area contributed by atoms with E-state index in [4.69, 9.17) is 23.2 Å². The van der Waals surface area contributed by atoms with Crippen molar-refractivity contribution in [3.63, 3.8) is 0 Å². The molecule has 1 aromatic carbocycles. The van der Waals surface area contributed by atoms with Crippen molar-refractivity contribution in [2.75, 3.05) is 0 Å². The largest absolute Gasteiger partial charge is 0.392 e. The van der Waals surface area contributed by atoms with Crippen LogP contribution in [0.15, 0.2) is 18.2 Å². The number of hydrogen-bond acceptors (Lipinski definition) is 1. The lowest BCUT2D eigenvalue weighted by Crippen LogP contribution is -2.49. The Kier molecular flexibility index (Phi) is 3.72. The van der Waals surface area contributed by atoms with Crippen molar-refractivity contribution in [2.45, 2.75) is 44.6 Å². The molecule has 114 valence electrons. The van der Waals surface area contributed by atoms with Gasteiger partial charge < -0.3 is 5.11 Å². The molecule has 0 aliphatic heterocycles. The minimum atomic E-state index is -0.225. The lowest BCUT2D eigenvalue weighted by Gasteiger charge is -2.55. The Morgan fingerprint density at radius 1 is 0.952 bits per heavy atom. The number of halogens is 2. The van der Waals surface area contributed by atoms with E-state index in [2.05, 4.69) is 0 Å². The van der Waals surface area contributed by atoms with Crippen LogP contribution >= 0.6 is 23.2 Å². The average molecular weight is 325 g/mol. The number of aliphatic hydroxyl groups is 1. The molecule has 3 heteroatoms. The van der Waals surface area contributed by atoms with Crippen LogP contribution in [0.25, 0.3) is 0 Å². The maximum atomic E-state index is 10.8. The third-order valence-electron chi connectivity index (χ3n) is 6.17. The second kappa shape index (κ2) is 5.44. The summed E-state index contributed by atoms with van der Waals surface area (Å²) in [4.78, 5) is 0. The van der Waals surface area contributed by atoms with Crippen molar-refractivity contribution < 1.29 is 5.11 Å². The third-order valence-corrected chi connectivity index (χ3v) is 6.91. The van der Waals surface area contributed by atoms with E-state index in [9.17, 15) is 5.11 Å². The Morgan fingerprint density at radius 3 is 2.14 bits per heavy atom. The van der Waals surface area contributed by atoms with Crippen LogP contribution in [0.5, 0.6) is 0 Å².